The second-order valence-electron chi connectivity index (χ2n) is 12.9. The van der Waals surface area contributed by atoms with Crippen LogP contribution in [0.1, 0.15) is 219 Å². The second kappa shape index (κ2) is 37.1. The quantitative estimate of drug-likeness (QED) is 0.0305. The highest BCUT2D eigenvalue weighted by atomic mass is 17.2. The van der Waals surface area contributed by atoms with Crippen LogP contribution in [0.5, 0.6) is 0 Å². The lowest BCUT2D eigenvalue weighted by molar-refractivity contribution is -0.275. The van der Waals surface area contributed by atoms with Crippen LogP contribution in [-0.4, -0.2) is 25.2 Å². The van der Waals surface area contributed by atoms with Crippen LogP contribution in [0.15, 0.2) is 0 Å². The molecule has 0 unspecified atom stereocenters. The fourth-order valence-corrected chi connectivity index (χ4v) is 5.69. The van der Waals surface area contributed by atoms with Crippen LogP contribution < -0.4 is 0 Å². The van der Waals surface area contributed by atoms with Crippen molar-refractivity contribution in [2.24, 2.45) is 0 Å². The average Bonchev–Trinajstić information content (AvgIpc) is 3.00. The first kappa shape index (κ1) is 41.9. The molecule has 43 heavy (non-hydrogen) atoms. The Morgan fingerprint density at radius 2 is 0.628 bits per heavy atom. The molecule has 5 nitrogen and oxygen atoms in total. The number of esters is 1. The van der Waals surface area contributed by atoms with Gasteiger partial charge in [-0.15, -0.1) is 0 Å². The zero-order chi connectivity index (χ0) is 31.3. The van der Waals surface area contributed by atoms with Gasteiger partial charge in [0.1, 0.15) is 13.2 Å². The van der Waals surface area contributed by atoms with E-state index in [1.54, 1.807) is 0 Å². The van der Waals surface area contributed by atoms with E-state index in [4.69, 9.17) is 14.5 Å². The lowest BCUT2D eigenvalue weighted by Gasteiger charge is -2.06. The topological polar surface area (TPSA) is 61.8 Å². The Hall–Kier alpha value is -1.10. The molecule has 5 heteroatoms. The van der Waals surface area contributed by atoms with Gasteiger partial charge in [-0.05, 0) is 12.8 Å². The molecule has 0 rings (SSSR count). The van der Waals surface area contributed by atoms with Crippen LogP contribution >= 0.6 is 0 Å². The highest BCUT2D eigenvalue weighted by Crippen LogP contribution is 2.15. The number of hydrogen-bond acceptors (Lipinski definition) is 5. The summed E-state index contributed by atoms with van der Waals surface area (Å²) in [5, 5.41) is 0. The van der Waals surface area contributed by atoms with Gasteiger partial charge in [0.2, 0.25) is 0 Å². The molecule has 0 saturated heterocycles. The maximum atomic E-state index is 11.9. The molecule has 0 saturated carbocycles. The van der Waals surface area contributed by atoms with Gasteiger partial charge in [0.25, 0.3) is 0 Å². The monoisotopic (exact) mass is 611 g/mol. The van der Waals surface area contributed by atoms with Crippen molar-refractivity contribution in [3.05, 3.63) is 0 Å². The second-order valence-corrected chi connectivity index (χ2v) is 12.9. The van der Waals surface area contributed by atoms with E-state index in [-0.39, 0.29) is 25.2 Å². The number of hydrogen-bond donors (Lipinski definition) is 0. The predicted octanol–water partition coefficient (Wildman–Crippen LogP) is 12.5. The Balaban J connectivity index is 3.25. The van der Waals surface area contributed by atoms with E-state index in [1.807, 2.05) is 0 Å². The van der Waals surface area contributed by atoms with Gasteiger partial charge in [-0.2, -0.15) is 4.89 Å². The van der Waals surface area contributed by atoms with Gasteiger partial charge in [-0.3, -0.25) is 9.68 Å². The summed E-state index contributed by atoms with van der Waals surface area (Å²) in [5.41, 5.74) is 0. The summed E-state index contributed by atoms with van der Waals surface area (Å²) in [4.78, 5) is 33.4. The molecule has 0 spiro atoms. The third-order valence-electron chi connectivity index (χ3n) is 8.55. The largest absolute Gasteiger partial charge is 0.463 e. The van der Waals surface area contributed by atoms with E-state index in [2.05, 4.69) is 13.8 Å². The maximum absolute atomic E-state index is 11.9. The highest BCUT2D eigenvalue weighted by molar-refractivity contribution is 5.69. The van der Waals surface area contributed by atoms with Gasteiger partial charge in [-0.25, -0.2) is 4.79 Å². The van der Waals surface area contributed by atoms with E-state index in [0.717, 1.165) is 25.7 Å². The normalized spacial score (nSPS) is 11.2. The van der Waals surface area contributed by atoms with Crippen molar-refractivity contribution in [3.63, 3.8) is 0 Å². The van der Waals surface area contributed by atoms with Crippen molar-refractivity contribution >= 4 is 11.9 Å². The summed E-state index contributed by atoms with van der Waals surface area (Å²) in [6.07, 6.45) is 40.0. The third kappa shape index (κ3) is 37.0. The first-order valence-corrected chi connectivity index (χ1v) is 19.2. The zero-order valence-electron chi connectivity index (χ0n) is 29.1. The average molecular weight is 611 g/mol. The predicted molar refractivity (Wildman–Crippen MR) is 182 cm³/mol. The molecule has 0 fully saturated rings. The third-order valence-corrected chi connectivity index (χ3v) is 8.55. The van der Waals surface area contributed by atoms with Crippen molar-refractivity contribution in [2.45, 2.75) is 219 Å². The summed E-state index contributed by atoms with van der Waals surface area (Å²) < 4.78 is 5.18. The molecule has 0 heterocycles. The van der Waals surface area contributed by atoms with Crippen molar-refractivity contribution in [1.29, 1.82) is 0 Å². The van der Waals surface area contributed by atoms with Crippen LogP contribution in [0, 0.1) is 0 Å². The lowest BCUT2D eigenvalue weighted by Crippen LogP contribution is -2.13. The van der Waals surface area contributed by atoms with Gasteiger partial charge in [0.15, 0.2) is 0 Å². The molecule has 256 valence electrons. The van der Waals surface area contributed by atoms with Crippen LogP contribution in [0.2, 0.25) is 0 Å². The smallest absolute Gasteiger partial charge is 0.342 e. The van der Waals surface area contributed by atoms with Crippen LogP contribution in [-0.2, 0) is 24.1 Å². The zero-order valence-corrected chi connectivity index (χ0v) is 29.1. The molecule has 0 N–H and O–H groups in total. The number of rotatable bonds is 36. The highest BCUT2D eigenvalue weighted by Gasteiger charge is 2.06. The summed E-state index contributed by atoms with van der Waals surface area (Å²) in [6.45, 7) is 4.77. The number of ether oxygens (including phenoxy) is 1. The number of carbonyl (C=O) groups excluding carboxylic acids is 2. The minimum Gasteiger partial charge on any atom is -0.463 e. The van der Waals surface area contributed by atoms with Gasteiger partial charge in [0, 0.05) is 12.8 Å². The molecule has 0 radical (unpaired) electrons. The molecule has 0 aliphatic heterocycles. The van der Waals surface area contributed by atoms with Crippen LogP contribution in [0.3, 0.4) is 0 Å². The summed E-state index contributed by atoms with van der Waals surface area (Å²) >= 11 is 0. The Labute approximate surface area is 268 Å². The van der Waals surface area contributed by atoms with E-state index in [0.29, 0.717) is 12.8 Å². The maximum Gasteiger partial charge on any atom is 0.342 e. The molecular formula is C38H74O5. The van der Waals surface area contributed by atoms with Crippen molar-refractivity contribution in [3.8, 4) is 0 Å². The van der Waals surface area contributed by atoms with Crippen molar-refractivity contribution in [1.82, 2.24) is 0 Å². The standard InChI is InChI=1S/C38H74O5/c1-3-5-7-9-11-13-15-17-19-21-23-25-27-29-31-33-37(39)41-35-36-42-43-38(40)34-32-30-28-26-24-22-20-18-16-14-12-10-8-6-4-2/h3-36H2,1-2H3. The molecule has 0 aliphatic carbocycles. The van der Waals surface area contributed by atoms with Gasteiger partial charge < -0.3 is 4.74 Å². The fraction of sp³-hybridized carbons (Fsp3) is 0.947. The van der Waals surface area contributed by atoms with Gasteiger partial charge in [-0.1, -0.05) is 194 Å². The molecular weight excluding hydrogens is 536 g/mol. The van der Waals surface area contributed by atoms with Crippen molar-refractivity contribution < 1.29 is 24.1 Å². The van der Waals surface area contributed by atoms with Crippen LogP contribution in [0.25, 0.3) is 0 Å². The first-order chi connectivity index (χ1) is 21.2. The molecule has 0 bridgehead atoms. The minimum absolute atomic E-state index is 0.0925. The Morgan fingerprint density at radius 3 is 0.953 bits per heavy atom. The number of carbonyl (C=O) groups is 2. The molecule has 0 amide bonds. The number of unbranched alkanes of at least 4 members (excludes halogenated alkanes) is 28. The fourth-order valence-electron chi connectivity index (χ4n) is 5.69. The molecule has 0 atom stereocenters. The van der Waals surface area contributed by atoms with Crippen molar-refractivity contribution in [2.75, 3.05) is 13.2 Å². The first-order valence-electron chi connectivity index (χ1n) is 19.2. The van der Waals surface area contributed by atoms with E-state index >= 15 is 0 Å². The molecule has 0 aromatic heterocycles. The van der Waals surface area contributed by atoms with E-state index in [1.165, 1.54) is 167 Å². The van der Waals surface area contributed by atoms with E-state index < -0.39 is 0 Å². The van der Waals surface area contributed by atoms with E-state index in [9.17, 15) is 9.59 Å². The minimum atomic E-state index is -0.334. The summed E-state index contributed by atoms with van der Waals surface area (Å²) in [7, 11) is 0. The van der Waals surface area contributed by atoms with Crippen LogP contribution in [0.4, 0.5) is 0 Å². The van der Waals surface area contributed by atoms with Gasteiger partial charge in [0.05, 0.1) is 0 Å². The Bertz CT molecular complexity index is 517. The molecule has 0 aliphatic rings. The Morgan fingerprint density at radius 1 is 0.349 bits per heavy atom. The molecule has 0 aromatic carbocycles. The SMILES string of the molecule is CCCCCCCCCCCCCCCCCC(=O)OCCOOC(=O)CCCCCCCCCCCCCCCCC. The summed E-state index contributed by atoms with van der Waals surface area (Å²) in [6, 6.07) is 0. The summed E-state index contributed by atoms with van der Waals surface area (Å²) in [5.74, 6) is -0.527. The van der Waals surface area contributed by atoms with Gasteiger partial charge >= 0.3 is 11.9 Å². The molecule has 0 aromatic rings. The Kier molecular flexibility index (Phi) is 36.1. The lowest BCUT2D eigenvalue weighted by atomic mass is 10.0.